The van der Waals surface area contributed by atoms with E-state index in [1.54, 1.807) is 36.1 Å². The normalized spacial score (nSPS) is 15.2. The summed E-state index contributed by atoms with van der Waals surface area (Å²) >= 11 is 9.56. The first kappa shape index (κ1) is 23.6. The van der Waals surface area contributed by atoms with E-state index in [9.17, 15) is 9.59 Å². The molecule has 31 heavy (non-hydrogen) atoms. The Morgan fingerprint density at radius 1 is 1.13 bits per heavy atom. The summed E-state index contributed by atoms with van der Waals surface area (Å²) in [6.07, 6.45) is 5.47. The highest BCUT2D eigenvalue weighted by molar-refractivity contribution is 9.10. The second kappa shape index (κ2) is 11.5. The van der Waals surface area contributed by atoms with E-state index in [1.807, 2.05) is 24.3 Å². The molecule has 166 valence electrons. The quantitative estimate of drug-likeness (QED) is 0.524. The number of nitrogens with one attached hydrogen (secondary N) is 1. The summed E-state index contributed by atoms with van der Waals surface area (Å²) < 4.78 is 6.61. The number of carbonyl (C=O) groups is 2. The van der Waals surface area contributed by atoms with Crippen LogP contribution >= 0.6 is 27.5 Å². The van der Waals surface area contributed by atoms with Crippen molar-refractivity contribution in [3.8, 4) is 5.75 Å². The van der Waals surface area contributed by atoms with Crippen LogP contribution in [0.4, 0.5) is 0 Å². The summed E-state index contributed by atoms with van der Waals surface area (Å²) in [5.41, 5.74) is 0.937. The van der Waals surface area contributed by atoms with Gasteiger partial charge in [-0.3, -0.25) is 9.59 Å². The zero-order chi connectivity index (χ0) is 22.2. The third-order valence-electron chi connectivity index (χ3n) is 5.57. The maximum absolute atomic E-state index is 13.1. The van der Waals surface area contributed by atoms with Crippen LogP contribution in [0, 0.1) is 0 Å². The van der Waals surface area contributed by atoms with Crippen LogP contribution in [0.15, 0.2) is 53.0 Å². The minimum absolute atomic E-state index is 0.130. The Bertz CT molecular complexity index is 885. The van der Waals surface area contributed by atoms with Crippen molar-refractivity contribution in [2.75, 3.05) is 6.61 Å². The van der Waals surface area contributed by atoms with E-state index in [-0.39, 0.29) is 24.5 Å². The standard InChI is InChI=1S/C24H28BrClN2O3/c1-17(24(30)27-20-7-3-2-4-8-20)28(15-18-11-13-19(25)14-12-18)23(29)16-31-22-10-6-5-9-21(22)26/h5-6,9-14,17,20H,2-4,7-8,15-16H2,1H3,(H,27,30)/t17-/m0/s1. The lowest BCUT2D eigenvalue weighted by Gasteiger charge is -2.31. The first-order chi connectivity index (χ1) is 14.9. The Balaban J connectivity index is 1.70. The molecule has 3 rings (SSSR count). The molecule has 0 aromatic heterocycles. The van der Waals surface area contributed by atoms with Gasteiger partial charge in [-0.2, -0.15) is 0 Å². The van der Waals surface area contributed by atoms with Gasteiger partial charge in [-0.25, -0.2) is 0 Å². The van der Waals surface area contributed by atoms with Crippen LogP contribution in [0.2, 0.25) is 5.02 Å². The highest BCUT2D eigenvalue weighted by Gasteiger charge is 2.28. The van der Waals surface area contributed by atoms with Gasteiger partial charge in [-0.1, -0.05) is 71.1 Å². The fourth-order valence-electron chi connectivity index (χ4n) is 3.72. The van der Waals surface area contributed by atoms with Crippen LogP contribution < -0.4 is 10.1 Å². The van der Waals surface area contributed by atoms with Crippen molar-refractivity contribution in [3.63, 3.8) is 0 Å². The maximum atomic E-state index is 13.1. The molecule has 1 aliphatic rings. The summed E-state index contributed by atoms with van der Waals surface area (Å²) in [6, 6.07) is 14.3. The number of carbonyl (C=O) groups excluding carboxylic acids is 2. The molecule has 5 nitrogen and oxygen atoms in total. The lowest BCUT2D eigenvalue weighted by molar-refractivity contribution is -0.142. The number of nitrogens with zero attached hydrogens (tertiary/aromatic N) is 1. The maximum Gasteiger partial charge on any atom is 0.261 e. The number of rotatable bonds is 8. The van der Waals surface area contributed by atoms with E-state index in [4.69, 9.17) is 16.3 Å². The molecule has 0 unspecified atom stereocenters. The highest BCUT2D eigenvalue weighted by Crippen LogP contribution is 2.23. The van der Waals surface area contributed by atoms with E-state index in [0.29, 0.717) is 17.3 Å². The smallest absolute Gasteiger partial charge is 0.261 e. The average Bonchev–Trinajstić information content (AvgIpc) is 2.78. The molecule has 0 spiro atoms. The van der Waals surface area contributed by atoms with Crippen LogP contribution in [-0.4, -0.2) is 35.4 Å². The van der Waals surface area contributed by atoms with Gasteiger partial charge in [-0.05, 0) is 49.6 Å². The van der Waals surface area contributed by atoms with Gasteiger partial charge in [0.15, 0.2) is 6.61 Å². The number of halogens is 2. The lowest BCUT2D eigenvalue weighted by Crippen LogP contribution is -2.51. The number of amides is 2. The fourth-order valence-corrected chi connectivity index (χ4v) is 4.18. The monoisotopic (exact) mass is 506 g/mol. The van der Waals surface area contributed by atoms with Crippen molar-refractivity contribution < 1.29 is 14.3 Å². The van der Waals surface area contributed by atoms with Gasteiger partial charge in [0.2, 0.25) is 5.91 Å². The van der Waals surface area contributed by atoms with E-state index in [0.717, 1.165) is 35.7 Å². The molecule has 1 N–H and O–H groups in total. The van der Waals surface area contributed by atoms with Crippen LogP contribution in [0.1, 0.15) is 44.6 Å². The molecule has 0 heterocycles. The zero-order valence-electron chi connectivity index (χ0n) is 17.7. The van der Waals surface area contributed by atoms with Gasteiger partial charge in [0.05, 0.1) is 5.02 Å². The van der Waals surface area contributed by atoms with E-state index in [2.05, 4.69) is 21.2 Å². The molecule has 0 radical (unpaired) electrons. The van der Waals surface area contributed by atoms with Crippen molar-refractivity contribution in [1.29, 1.82) is 0 Å². The minimum atomic E-state index is -0.618. The Labute approximate surface area is 197 Å². The van der Waals surface area contributed by atoms with Gasteiger partial charge in [-0.15, -0.1) is 0 Å². The average molecular weight is 508 g/mol. The molecule has 2 aromatic carbocycles. The summed E-state index contributed by atoms with van der Waals surface area (Å²) in [4.78, 5) is 27.6. The first-order valence-electron chi connectivity index (χ1n) is 10.7. The highest BCUT2D eigenvalue weighted by atomic mass is 79.9. The summed E-state index contributed by atoms with van der Waals surface area (Å²) in [5.74, 6) is 0.0460. The van der Waals surface area contributed by atoms with Gasteiger partial charge in [0.25, 0.3) is 5.91 Å². The summed E-state index contributed by atoms with van der Waals surface area (Å²) in [7, 11) is 0. The van der Waals surface area contributed by atoms with Crippen LogP contribution in [0.3, 0.4) is 0 Å². The van der Waals surface area contributed by atoms with Crippen molar-refractivity contribution in [2.45, 2.75) is 57.7 Å². The molecule has 2 aromatic rings. The zero-order valence-corrected chi connectivity index (χ0v) is 20.0. The second-order valence-electron chi connectivity index (χ2n) is 7.89. The Kier molecular flexibility index (Phi) is 8.79. The molecule has 0 aliphatic heterocycles. The number of hydrogen-bond donors (Lipinski definition) is 1. The van der Waals surface area contributed by atoms with E-state index in [1.165, 1.54) is 6.42 Å². The molecule has 1 aliphatic carbocycles. The van der Waals surface area contributed by atoms with Crippen molar-refractivity contribution in [3.05, 3.63) is 63.6 Å². The molecule has 2 amide bonds. The largest absolute Gasteiger partial charge is 0.482 e. The van der Waals surface area contributed by atoms with E-state index < -0.39 is 6.04 Å². The molecule has 0 saturated heterocycles. The summed E-state index contributed by atoms with van der Waals surface area (Å²) in [5, 5.41) is 3.57. The number of para-hydroxylation sites is 1. The Morgan fingerprint density at radius 2 is 1.81 bits per heavy atom. The van der Waals surface area contributed by atoms with Crippen LogP contribution in [0.25, 0.3) is 0 Å². The van der Waals surface area contributed by atoms with Crippen molar-refractivity contribution in [2.24, 2.45) is 0 Å². The number of ether oxygens (including phenoxy) is 1. The Morgan fingerprint density at radius 3 is 2.48 bits per heavy atom. The fraction of sp³-hybridized carbons (Fsp3) is 0.417. The predicted molar refractivity (Wildman–Crippen MR) is 126 cm³/mol. The molecular weight excluding hydrogens is 480 g/mol. The van der Waals surface area contributed by atoms with Crippen molar-refractivity contribution in [1.82, 2.24) is 10.2 Å². The first-order valence-corrected chi connectivity index (χ1v) is 11.8. The number of benzene rings is 2. The molecule has 0 bridgehead atoms. The van der Waals surface area contributed by atoms with Gasteiger partial charge < -0.3 is 15.0 Å². The van der Waals surface area contributed by atoms with Gasteiger partial charge >= 0.3 is 0 Å². The van der Waals surface area contributed by atoms with Crippen molar-refractivity contribution >= 4 is 39.3 Å². The molecular formula is C24H28BrClN2O3. The lowest BCUT2D eigenvalue weighted by atomic mass is 9.95. The predicted octanol–water partition coefficient (Wildman–Crippen LogP) is 5.35. The molecule has 7 heteroatoms. The number of hydrogen-bond acceptors (Lipinski definition) is 3. The van der Waals surface area contributed by atoms with Gasteiger partial charge in [0, 0.05) is 17.1 Å². The molecule has 1 saturated carbocycles. The van der Waals surface area contributed by atoms with Crippen LogP contribution in [0.5, 0.6) is 5.75 Å². The minimum Gasteiger partial charge on any atom is -0.482 e. The SMILES string of the molecule is C[C@@H](C(=O)NC1CCCCC1)N(Cc1ccc(Br)cc1)C(=O)COc1ccccc1Cl. The van der Waals surface area contributed by atoms with E-state index >= 15 is 0 Å². The van der Waals surface area contributed by atoms with Gasteiger partial charge in [0.1, 0.15) is 11.8 Å². The third-order valence-corrected chi connectivity index (χ3v) is 6.41. The Hall–Kier alpha value is -2.05. The third kappa shape index (κ3) is 6.97. The topological polar surface area (TPSA) is 58.6 Å². The second-order valence-corrected chi connectivity index (χ2v) is 9.21. The summed E-state index contributed by atoms with van der Waals surface area (Å²) in [6.45, 7) is 1.89. The molecule has 1 fully saturated rings. The van der Waals surface area contributed by atoms with Crippen LogP contribution in [-0.2, 0) is 16.1 Å². The molecule has 1 atom stereocenters.